The fourth-order valence-corrected chi connectivity index (χ4v) is 1.75. The molecule has 0 unspecified atom stereocenters. The number of hydrogen-bond donors (Lipinski definition) is 0. The molecule has 1 nitrogen and oxygen atoms in total. The Morgan fingerprint density at radius 3 is 2.58 bits per heavy atom. The zero-order chi connectivity index (χ0) is 8.60. The van der Waals surface area contributed by atoms with Crippen LogP contribution >= 0.6 is 11.6 Å². The first kappa shape index (κ1) is 8.09. The van der Waals surface area contributed by atoms with E-state index in [1.165, 1.54) is 0 Å². The van der Waals surface area contributed by atoms with Gasteiger partial charge in [-0.1, -0.05) is 23.7 Å². The molecule has 0 amide bonds. The van der Waals surface area contributed by atoms with Crippen LogP contribution in [0, 0.1) is 0 Å². The summed E-state index contributed by atoms with van der Waals surface area (Å²) in [5, 5.41) is 12.5. The zero-order valence-electron chi connectivity index (χ0n) is 6.72. The quantitative estimate of drug-likeness (QED) is 0.635. The molecule has 2 rings (SSSR count). The van der Waals surface area contributed by atoms with Crippen molar-refractivity contribution in [2.24, 2.45) is 0 Å². The van der Waals surface area contributed by atoms with Crippen LogP contribution in [-0.4, -0.2) is 0 Å². The first-order valence-electron chi connectivity index (χ1n) is 4.17. The molecule has 0 heterocycles. The third kappa shape index (κ3) is 1.23. The van der Waals surface area contributed by atoms with Gasteiger partial charge < -0.3 is 0 Å². The van der Waals surface area contributed by atoms with Gasteiger partial charge in [-0.25, -0.2) is 5.11 Å². The normalized spacial score (nSPS) is 20.2. The summed E-state index contributed by atoms with van der Waals surface area (Å²) in [6.07, 6.45) is 2.57. The summed E-state index contributed by atoms with van der Waals surface area (Å²) in [6, 6.07) is 7.30. The Morgan fingerprint density at radius 1 is 1.33 bits per heavy atom. The van der Waals surface area contributed by atoms with Crippen LogP contribution in [0.5, 0.6) is 0 Å². The fraction of sp³-hybridized carbons (Fsp3) is 0.400. The second-order valence-corrected chi connectivity index (χ2v) is 3.79. The van der Waals surface area contributed by atoms with E-state index in [1.54, 1.807) is 12.1 Å². The fourth-order valence-electron chi connectivity index (χ4n) is 1.56. The van der Waals surface area contributed by atoms with Gasteiger partial charge in [0.2, 0.25) is 0 Å². The molecular formula is C10H10ClO. The van der Waals surface area contributed by atoms with Gasteiger partial charge in [-0.05, 0) is 37.0 Å². The maximum absolute atomic E-state index is 11.9. The predicted molar refractivity (Wildman–Crippen MR) is 47.7 cm³/mol. The first-order chi connectivity index (χ1) is 5.71. The lowest BCUT2D eigenvalue weighted by molar-refractivity contribution is -0.0984. The Kier molecular flexibility index (Phi) is 1.85. The second-order valence-electron chi connectivity index (χ2n) is 3.36. The Labute approximate surface area is 77.0 Å². The molecule has 1 aliphatic rings. The van der Waals surface area contributed by atoms with Crippen LogP contribution in [0.25, 0.3) is 0 Å². The van der Waals surface area contributed by atoms with Crippen LogP contribution in [-0.2, 0) is 10.7 Å². The molecule has 0 saturated heterocycles. The van der Waals surface area contributed by atoms with Gasteiger partial charge in [-0.15, -0.1) is 0 Å². The third-order valence-electron chi connectivity index (χ3n) is 2.51. The van der Waals surface area contributed by atoms with E-state index in [2.05, 4.69) is 0 Å². The summed E-state index contributed by atoms with van der Waals surface area (Å²) in [4.78, 5) is 0. The molecule has 1 saturated carbocycles. The maximum Gasteiger partial charge on any atom is 0.129 e. The van der Waals surface area contributed by atoms with E-state index in [0.29, 0.717) is 5.02 Å². The van der Waals surface area contributed by atoms with Crippen molar-refractivity contribution in [1.29, 1.82) is 0 Å². The lowest BCUT2D eigenvalue weighted by Crippen LogP contribution is -2.31. The molecule has 0 aliphatic heterocycles. The molecule has 2 heteroatoms. The van der Waals surface area contributed by atoms with Crippen molar-refractivity contribution in [2.75, 3.05) is 0 Å². The Morgan fingerprint density at radius 2 is 2.08 bits per heavy atom. The molecule has 0 N–H and O–H groups in total. The topological polar surface area (TPSA) is 19.9 Å². The summed E-state index contributed by atoms with van der Waals surface area (Å²) in [5.74, 6) is 0. The van der Waals surface area contributed by atoms with Crippen molar-refractivity contribution in [3.8, 4) is 0 Å². The minimum atomic E-state index is -0.828. The van der Waals surface area contributed by atoms with E-state index in [0.717, 1.165) is 24.8 Å². The summed E-state index contributed by atoms with van der Waals surface area (Å²) in [7, 11) is 0. The Balaban J connectivity index is 2.33. The van der Waals surface area contributed by atoms with Crippen LogP contribution in [0.3, 0.4) is 0 Å². The largest absolute Gasteiger partial charge is 0.224 e. The van der Waals surface area contributed by atoms with Crippen molar-refractivity contribution in [3.63, 3.8) is 0 Å². The zero-order valence-corrected chi connectivity index (χ0v) is 7.47. The molecule has 0 atom stereocenters. The van der Waals surface area contributed by atoms with Gasteiger partial charge in [0, 0.05) is 5.02 Å². The second kappa shape index (κ2) is 2.75. The maximum atomic E-state index is 11.9. The summed E-state index contributed by atoms with van der Waals surface area (Å²) in [6.45, 7) is 0. The van der Waals surface area contributed by atoms with E-state index in [1.807, 2.05) is 12.1 Å². The summed E-state index contributed by atoms with van der Waals surface area (Å²) >= 11 is 5.79. The van der Waals surface area contributed by atoms with Gasteiger partial charge >= 0.3 is 0 Å². The average molecular weight is 182 g/mol. The van der Waals surface area contributed by atoms with E-state index in [9.17, 15) is 5.11 Å². The molecule has 1 aromatic rings. The number of halogens is 1. The molecule has 63 valence electrons. The molecule has 1 aromatic carbocycles. The molecule has 0 bridgehead atoms. The van der Waals surface area contributed by atoms with Gasteiger partial charge in [-0.2, -0.15) is 0 Å². The van der Waals surface area contributed by atoms with Gasteiger partial charge in [0.1, 0.15) is 5.60 Å². The monoisotopic (exact) mass is 181 g/mol. The molecule has 0 aromatic heterocycles. The smallest absolute Gasteiger partial charge is 0.129 e. The average Bonchev–Trinajstić information content (AvgIpc) is 2.00. The van der Waals surface area contributed by atoms with Crippen LogP contribution in [0.2, 0.25) is 5.02 Å². The van der Waals surface area contributed by atoms with Crippen LogP contribution in [0.1, 0.15) is 24.8 Å². The highest BCUT2D eigenvalue weighted by molar-refractivity contribution is 6.30. The minimum absolute atomic E-state index is 0.662. The SMILES string of the molecule is [O]C1(c2cccc(Cl)c2)CCC1. The molecule has 0 spiro atoms. The highest BCUT2D eigenvalue weighted by Gasteiger charge is 2.38. The van der Waals surface area contributed by atoms with Crippen molar-refractivity contribution >= 4 is 11.6 Å². The van der Waals surface area contributed by atoms with E-state index in [-0.39, 0.29) is 0 Å². The third-order valence-corrected chi connectivity index (χ3v) is 2.75. The Bertz CT molecular complexity index is 292. The Hall–Kier alpha value is -0.530. The number of rotatable bonds is 1. The lowest BCUT2D eigenvalue weighted by atomic mass is 9.75. The number of hydrogen-bond acceptors (Lipinski definition) is 0. The van der Waals surface area contributed by atoms with Gasteiger partial charge in [0.15, 0.2) is 0 Å². The van der Waals surface area contributed by atoms with Crippen molar-refractivity contribution in [1.82, 2.24) is 0 Å². The minimum Gasteiger partial charge on any atom is -0.224 e. The molecule has 1 radical (unpaired) electrons. The van der Waals surface area contributed by atoms with Crippen molar-refractivity contribution in [3.05, 3.63) is 34.9 Å². The standard InChI is InChI=1S/C10H10ClO/c11-9-4-1-3-8(7-9)10(12)5-2-6-10/h1,3-4,7H,2,5-6H2. The van der Waals surface area contributed by atoms with Crippen LogP contribution in [0.4, 0.5) is 0 Å². The highest BCUT2D eigenvalue weighted by Crippen LogP contribution is 2.42. The highest BCUT2D eigenvalue weighted by atomic mass is 35.5. The van der Waals surface area contributed by atoms with Gasteiger partial charge in [0.05, 0.1) is 0 Å². The van der Waals surface area contributed by atoms with Crippen LogP contribution in [0.15, 0.2) is 24.3 Å². The van der Waals surface area contributed by atoms with E-state index >= 15 is 0 Å². The summed E-state index contributed by atoms with van der Waals surface area (Å²) < 4.78 is 0. The number of benzene rings is 1. The molecule has 12 heavy (non-hydrogen) atoms. The first-order valence-corrected chi connectivity index (χ1v) is 4.55. The van der Waals surface area contributed by atoms with Crippen molar-refractivity contribution < 1.29 is 5.11 Å². The molecular weight excluding hydrogens is 172 g/mol. The molecule has 1 aliphatic carbocycles. The van der Waals surface area contributed by atoms with Gasteiger partial charge in [-0.3, -0.25) is 0 Å². The van der Waals surface area contributed by atoms with Crippen LogP contribution < -0.4 is 0 Å². The van der Waals surface area contributed by atoms with Gasteiger partial charge in [0.25, 0.3) is 0 Å². The molecule has 1 fully saturated rings. The lowest BCUT2D eigenvalue weighted by Gasteiger charge is -2.34. The predicted octanol–water partition coefficient (Wildman–Crippen LogP) is 3.15. The van der Waals surface area contributed by atoms with E-state index < -0.39 is 5.60 Å². The van der Waals surface area contributed by atoms with E-state index in [4.69, 9.17) is 11.6 Å². The summed E-state index contributed by atoms with van der Waals surface area (Å²) in [5.41, 5.74) is 0.0199. The van der Waals surface area contributed by atoms with Crippen molar-refractivity contribution in [2.45, 2.75) is 24.9 Å².